The SMILES string of the molecule is CCC1CCN2C(=O)c3c(O)c(=O)c(C(=O)O)cn3CC2O1. The van der Waals surface area contributed by atoms with Gasteiger partial charge in [0, 0.05) is 12.7 Å². The van der Waals surface area contributed by atoms with Crippen LogP contribution in [0.4, 0.5) is 0 Å². The summed E-state index contributed by atoms with van der Waals surface area (Å²) in [6.45, 7) is 2.66. The first-order chi connectivity index (χ1) is 10.4. The Labute approximate surface area is 125 Å². The number of carbonyl (C=O) groups excluding carboxylic acids is 1. The summed E-state index contributed by atoms with van der Waals surface area (Å²) in [6.07, 6.45) is 2.14. The van der Waals surface area contributed by atoms with Gasteiger partial charge in [0.05, 0.1) is 12.6 Å². The van der Waals surface area contributed by atoms with E-state index in [0.29, 0.717) is 13.0 Å². The van der Waals surface area contributed by atoms with E-state index in [1.807, 2.05) is 6.92 Å². The van der Waals surface area contributed by atoms with E-state index in [4.69, 9.17) is 9.84 Å². The lowest BCUT2D eigenvalue weighted by Crippen LogP contribution is -2.55. The van der Waals surface area contributed by atoms with Gasteiger partial charge in [-0.1, -0.05) is 6.92 Å². The molecule has 1 saturated heterocycles. The fourth-order valence-electron chi connectivity index (χ4n) is 2.94. The molecule has 2 N–H and O–H groups in total. The molecule has 3 rings (SSSR count). The Morgan fingerprint density at radius 1 is 1.45 bits per heavy atom. The van der Waals surface area contributed by atoms with E-state index in [-0.39, 0.29) is 18.3 Å². The average Bonchev–Trinajstić information content (AvgIpc) is 2.49. The first-order valence-corrected chi connectivity index (χ1v) is 7.10. The summed E-state index contributed by atoms with van der Waals surface area (Å²) in [5, 5.41) is 19.0. The number of carboxylic acid groups (broad SMARTS) is 1. The van der Waals surface area contributed by atoms with Crippen LogP contribution in [-0.4, -0.2) is 50.4 Å². The molecule has 1 amide bonds. The Morgan fingerprint density at radius 3 is 2.82 bits per heavy atom. The number of aromatic hydroxyl groups is 1. The predicted molar refractivity (Wildman–Crippen MR) is 73.9 cm³/mol. The number of hydrogen-bond donors (Lipinski definition) is 2. The molecular formula is C14H16N2O6. The molecule has 1 fully saturated rings. The molecule has 2 unspecified atom stereocenters. The van der Waals surface area contributed by atoms with E-state index >= 15 is 0 Å². The Hall–Kier alpha value is -2.35. The summed E-state index contributed by atoms with van der Waals surface area (Å²) in [5.74, 6) is -2.78. The zero-order valence-corrected chi connectivity index (χ0v) is 12.0. The molecule has 22 heavy (non-hydrogen) atoms. The van der Waals surface area contributed by atoms with Gasteiger partial charge in [0.1, 0.15) is 5.56 Å². The van der Waals surface area contributed by atoms with Crippen molar-refractivity contribution in [1.82, 2.24) is 9.47 Å². The summed E-state index contributed by atoms with van der Waals surface area (Å²) in [6, 6.07) is 0. The molecule has 0 aliphatic carbocycles. The van der Waals surface area contributed by atoms with Crippen LogP contribution in [0.25, 0.3) is 0 Å². The van der Waals surface area contributed by atoms with Crippen molar-refractivity contribution in [2.24, 2.45) is 0 Å². The largest absolute Gasteiger partial charge is 0.503 e. The number of pyridine rings is 1. The van der Waals surface area contributed by atoms with Gasteiger partial charge in [-0.15, -0.1) is 0 Å². The second-order valence-corrected chi connectivity index (χ2v) is 5.43. The maximum atomic E-state index is 12.5. The molecule has 0 bridgehead atoms. The minimum atomic E-state index is -1.44. The molecule has 2 aliphatic rings. The lowest BCUT2D eigenvalue weighted by Gasteiger charge is -2.43. The zero-order chi connectivity index (χ0) is 16.0. The second kappa shape index (κ2) is 5.13. The Bertz CT molecular complexity index is 710. The van der Waals surface area contributed by atoms with Crippen LogP contribution < -0.4 is 5.43 Å². The number of carbonyl (C=O) groups is 2. The summed E-state index contributed by atoms with van der Waals surface area (Å²) < 4.78 is 7.11. The van der Waals surface area contributed by atoms with Crippen LogP contribution in [0.3, 0.4) is 0 Å². The highest BCUT2D eigenvalue weighted by Gasteiger charge is 2.39. The first kappa shape index (κ1) is 14.6. The number of hydrogen-bond acceptors (Lipinski definition) is 5. The molecule has 8 nitrogen and oxygen atoms in total. The van der Waals surface area contributed by atoms with Crippen LogP contribution in [0, 0.1) is 0 Å². The van der Waals surface area contributed by atoms with E-state index in [9.17, 15) is 19.5 Å². The van der Waals surface area contributed by atoms with Gasteiger partial charge in [0.2, 0.25) is 5.43 Å². The molecule has 0 saturated carbocycles. The highest BCUT2D eigenvalue weighted by atomic mass is 16.5. The van der Waals surface area contributed by atoms with Gasteiger partial charge in [0.25, 0.3) is 5.91 Å². The number of carboxylic acids is 1. The van der Waals surface area contributed by atoms with Crippen LogP contribution in [0.2, 0.25) is 0 Å². The molecular weight excluding hydrogens is 292 g/mol. The van der Waals surface area contributed by atoms with Gasteiger partial charge in [-0.3, -0.25) is 9.59 Å². The van der Waals surface area contributed by atoms with Crippen LogP contribution in [-0.2, 0) is 11.3 Å². The number of fused-ring (bicyclic) bond motifs is 2. The molecule has 118 valence electrons. The molecule has 0 aromatic carbocycles. The number of aromatic carboxylic acids is 1. The van der Waals surface area contributed by atoms with Crippen molar-refractivity contribution >= 4 is 11.9 Å². The van der Waals surface area contributed by atoms with Crippen molar-refractivity contribution in [2.75, 3.05) is 6.54 Å². The topological polar surface area (TPSA) is 109 Å². The smallest absolute Gasteiger partial charge is 0.341 e. The Balaban J connectivity index is 2.08. The van der Waals surface area contributed by atoms with Gasteiger partial charge in [-0.25, -0.2) is 4.79 Å². The van der Waals surface area contributed by atoms with Crippen molar-refractivity contribution < 1.29 is 24.5 Å². The number of amides is 1. The third kappa shape index (κ3) is 2.07. The van der Waals surface area contributed by atoms with Crippen LogP contribution in [0.1, 0.15) is 40.6 Å². The Morgan fingerprint density at radius 2 is 2.18 bits per heavy atom. The summed E-state index contributed by atoms with van der Waals surface area (Å²) in [5.41, 5.74) is -1.79. The third-order valence-electron chi connectivity index (χ3n) is 4.15. The standard InChI is InChI=1S/C14H16N2O6/c1-2-7-3-4-16-9(22-7)6-15-5-8(14(20)21)11(17)12(18)10(15)13(16)19/h5,7,9,18H,2-4,6H2,1H3,(H,20,21). The van der Waals surface area contributed by atoms with E-state index in [1.165, 1.54) is 9.47 Å². The molecule has 8 heteroatoms. The summed E-state index contributed by atoms with van der Waals surface area (Å²) in [7, 11) is 0. The van der Waals surface area contributed by atoms with E-state index in [0.717, 1.165) is 12.6 Å². The average molecular weight is 308 g/mol. The highest BCUT2D eigenvalue weighted by Crippen LogP contribution is 2.28. The van der Waals surface area contributed by atoms with Crippen molar-refractivity contribution in [3.8, 4) is 5.75 Å². The number of nitrogens with zero attached hydrogens (tertiary/aromatic N) is 2. The minimum Gasteiger partial charge on any atom is -0.503 e. The lowest BCUT2D eigenvalue weighted by molar-refractivity contribution is -0.134. The van der Waals surface area contributed by atoms with Crippen molar-refractivity contribution in [2.45, 2.75) is 38.6 Å². The molecule has 0 radical (unpaired) electrons. The van der Waals surface area contributed by atoms with Gasteiger partial charge in [-0.2, -0.15) is 0 Å². The van der Waals surface area contributed by atoms with E-state index < -0.39 is 34.8 Å². The maximum absolute atomic E-state index is 12.5. The van der Waals surface area contributed by atoms with Crippen molar-refractivity contribution in [3.05, 3.63) is 27.7 Å². The van der Waals surface area contributed by atoms with Crippen LogP contribution >= 0.6 is 0 Å². The number of aromatic nitrogens is 1. The van der Waals surface area contributed by atoms with E-state index in [1.54, 1.807) is 0 Å². The van der Waals surface area contributed by atoms with E-state index in [2.05, 4.69) is 0 Å². The Kier molecular flexibility index (Phi) is 3.40. The quantitative estimate of drug-likeness (QED) is 0.809. The zero-order valence-electron chi connectivity index (χ0n) is 12.0. The maximum Gasteiger partial charge on any atom is 0.341 e. The second-order valence-electron chi connectivity index (χ2n) is 5.43. The summed E-state index contributed by atoms with van der Waals surface area (Å²) >= 11 is 0. The molecule has 1 aromatic rings. The van der Waals surface area contributed by atoms with Crippen LogP contribution in [0.15, 0.2) is 11.0 Å². The fraction of sp³-hybridized carbons (Fsp3) is 0.500. The molecule has 2 atom stereocenters. The molecule has 0 spiro atoms. The number of ether oxygens (including phenoxy) is 1. The van der Waals surface area contributed by atoms with Crippen LogP contribution in [0.5, 0.6) is 5.75 Å². The predicted octanol–water partition coefficient (Wildman–Crippen LogP) is 0.233. The number of rotatable bonds is 2. The van der Waals surface area contributed by atoms with Gasteiger partial charge >= 0.3 is 5.97 Å². The molecule has 1 aromatic heterocycles. The molecule has 3 heterocycles. The van der Waals surface area contributed by atoms with Gasteiger partial charge in [-0.05, 0) is 12.8 Å². The monoisotopic (exact) mass is 308 g/mol. The third-order valence-corrected chi connectivity index (χ3v) is 4.15. The minimum absolute atomic E-state index is 0.0440. The molecule has 2 aliphatic heterocycles. The normalized spacial score (nSPS) is 23.9. The van der Waals surface area contributed by atoms with Crippen molar-refractivity contribution in [1.29, 1.82) is 0 Å². The first-order valence-electron chi connectivity index (χ1n) is 7.10. The summed E-state index contributed by atoms with van der Waals surface area (Å²) in [4.78, 5) is 36.9. The van der Waals surface area contributed by atoms with Crippen molar-refractivity contribution in [3.63, 3.8) is 0 Å². The van der Waals surface area contributed by atoms with Gasteiger partial charge < -0.3 is 24.4 Å². The lowest BCUT2D eigenvalue weighted by atomic mass is 10.1. The van der Waals surface area contributed by atoms with Gasteiger partial charge in [0.15, 0.2) is 17.7 Å². The highest BCUT2D eigenvalue weighted by molar-refractivity contribution is 5.97. The fourth-order valence-corrected chi connectivity index (χ4v) is 2.94.